The summed E-state index contributed by atoms with van der Waals surface area (Å²) in [5, 5.41) is 3.82. The summed E-state index contributed by atoms with van der Waals surface area (Å²) in [6, 6.07) is 0.678. The molecule has 0 heterocycles. The number of ether oxygens (including phenoxy) is 1. The highest BCUT2D eigenvalue weighted by molar-refractivity contribution is 5.04. The highest BCUT2D eigenvalue weighted by Crippen LogP contribution is 2.45. The quantitative estimate of drug-likeness (QED) is 0.748. The second kappa shape index (κ2) is 7.08. The summed E-state index contributed by atoms with van der Waals surface area (Å²) in [6.07, 6.45) is 11.6. The minimum Gasteiger partial charge on any atom is -0.378 e. The van der Waals surface area contributed by atoms with Crippen LogP contribution in [0.15, 0.2) is 0 Å². The lowest BCUT2D eigenvalue weighted by Crippen LogP contribution is -2.62. The average Bonchev–Trinajstić information content (AvgIpc) is 2.45. The molecule has 0 spiro atoms. The van der Waals surface area contributed by atoms with Gasteiger partial charge in [0.1, 0.15) is 0 Å². The third-order valence-corrected chi connectivity index (χ3v) is 5.78. The van der Waals surface area contributed by atoms with Crippen LogP contribution in [0.3, 0.4) is 0 Å². The summed E-state index contributed by atoms with van der Waals surface area (Å²) in [5.41, 5.74) is 0.364. The van der Waals surface area contributed by atoms with E-state index in [0.29, 0.717) is 17.6 Å². The number of hydrogen-bond acceptors (Lipinski definition) is 2. The van der Waals surface area contributed by atoms with Crippen LogP contribution >= 0.6 is 0 Å². The predicted octanol–water partition coefficient (Wildman–Crippen LogP) is 4.14. The van der Waals surface area contributed by atoms with Crippen LogP contribution in [0.2, 0.25) is 0 Å². The highest BCUT2D eigenvalue weighted by Gasteiger charge is 2.50. The molecule has 2 saturated carbocycles. The van der Waals surface area contributed by atoms with Gasteiger partial charge < -0.3 is 10.1 Å². The lowest BCUT2D eigenvalue weighted by molar-refractivity contribution is -0.125. The lowest BCUT2D eigenvalue weighted by Gasteiger charge is -2.54. The molecule has 2 heteroatoms. The third-order valence-electron chi connectivity index (χ3n) is 5.78. The fraction of sp³-hybridized carbons (Fsp3) is 1.00. The predicted molar refractivity (Wildman–Crippen MR) is 81.4 cm³/mol. The van der Waals surface area contributed by atoms with Crippen molar-refractivity contribution in [3.63, 3.8) is 0 Å². The first kappa shape index (κ1) is 15.3. The molecular weight excluding hydrogens is 234 g/mol. The van der Waals surface area contributed by atoms with Crippen LogP contribution in [-0.4, -0.2) is 25.3 Å². The van der Waals surface area contributed by atoms with Gasteiger partial charge in [0, 0.05) is 18.1 Å². The van der Waals surface area contributed by atoms with Crippen LogP contribution in [-0.2, 0) is 4.74 Å². The van der Waals surface area contributed by atoms with E-state index in [-0.39, 0.29) is 0 Å². The van der Waals surface area contributed by atoms with Crippen LogP contribution in [0.25, 0.3) is 0 Å². The Bertz CT molecular complexity index is 262. The van der Waals surface area contributed by atoms with Gasteiger partial charge >= 0.3 is 0 Å². The molecular formula is C17H33NO. The van der Waals surface area contributed by atoms with Crippen LogP contribution in [0, 0.1) is 11.3 Å². The fourth-order valence-corrected chi connectivity index (χ4v) is 4.00. The minimum absolute atomic E-state index is 0.364. The van der Waals surface area contributed by atoms with E-state index in [9.17, 15) is 0 Å². The number of hydrogen-bond donors (Lipinski definition) is 1. The zero-order chi connectivity index (χ0) is 13.7. The van der Waals surface area contributed by atoms with Gasteiger partial charge in [0.15, 0.2) is 0 Å². The van der Waals surface area contributed by atoms with E-state index >= 15 is 0 Å². The molecule has 0 aliphatic heterocycles. The van der Waals surface area contributed by atoms with Gasteiger partial charge in [-0.3, -0.25) is 0 Å². The maximum absolute atomic E-state index is 5.87. The van der Waals surface area contributed by atoms with Crippen molar-refractivity contribution in [2.75, 3.05) is 13.2 Å². The van der Waals surface area contributed by atoms with Gasteiger partial charge in [-0.2, -0.15) is 0 Å². The Kier molecular flexibility index (Phi) is 5.70. The molecule has 0 aromatic carbocycles. The normalized spacial score (nSPS) is 36.2. The zero-order valence-corrected chi connectivity index (χ0v) is 13.2. The topological polar surface area (TPSA) is 21.3 Å². The Balaban J connectivity index is 1.68. The summed E-state index contributed by atoms with van der Waals surface area (Å²) in [5.74, 6) is 0.997. The van der Waals surface area contributed by atoms with E-state index in [2.05, 4.69) is 26.1 Å². The molecule has 0 aromatic heterocycles. The SMILES string of the molecule is CCOC1CC(NCCC2CCCCC2)C1(C)CC. The molecule has 0 amide bonds. The first-order valence-corrected chi connectivity index (χ1v) is 8.55. The van der Waals surface area contributed by atoms with E-state index in [1.165, 1.54) is 57.9 Å². The smallest absolute Gasteiger partial charge is 0.0658 e. The van der Waals surface area contributed by atoms with Gasteiger partial charge in [-0.05, 0) is 38.6 Å². The lowest BCUT2D eigenvalue weighted by atomic mass is 9.61. The standard InChI is InChI=1S/C17H33NO/c1-4-17(3)15(13-16(17)19-5-2)18-12-11-14-9-7-6-8-10-14/h14-16,18H,4-13H2,1-3H3. The van der Waals surface area contributed by atoms with Crippen molar-refractivity contribution in [3.05, 3.63) is 0 Å². The van der Waals surface area contributed by atoms with Gasteiger partial charge in [0.2, 0.25) is 0 Å². The minimum atomic E-state index is 0.364. The Morgan fingerprint density at radius 2 is 1.89 bits per heavy atom. The summed E-state index contributed by atoms with van der Waals surface area (Å²) >= 11 is 0. The van der Waals surface area contributed by atoms with Crippen LogP contribution in [0.1, 0.15) is 72.1 Å². The molecule has 2 aliphatic rings. The monoisotopic (exact) mass is 267 g/mol. The first-order chi connectivity index (χ1) is 9.20. The van der Waals surface area contributed by atoms with Crippen molar-refractivity contribution in [2.24, 2.45) is 11.3 Å². The van der Waals surface area contributed by atoms with E-state index in [4.69, 9.17) is 4.74 Å². The summed E-state index contributed by atoms with van der Waals surface area (Å²) in [4.78, 5) is 0. The highest BCUT2D eigenvalue weighted by atomic mass is 16.5. The molecule has 2 rings (SSSR count). The Hall–Kier alpha value is -0.0800. The van der Waals surface area contributed by atoms with E-state index in [0.717, 1.165) is 12.5 Å². The second-order valence-electron chi connectivity index (χ2n) is 6.84. The molecule has 0 saturated heterocycles. The second-order valence-corrected chi connectivity index (χ2v) is 6.84. The van der Waals surface area contributed by atoms with Gasteiger partial charge in [-0.1, -0.05) is 46.0 Å². The van der Waals surface area contributed by atoms with Gasteiger partial charge in [-0.25, -0.2) is 0 Å². The zero-order valence-electron chi connectivity index (χ0n) is 13.2. The average molecular weight is 267 g/mol. The maximum atomic E-state index is 5.87. The Labute approximate surface area is 119 Å². The molecule has 0 radical (unpaired) electrons. The fourth-order valence-electron chi connectivity index (χ4n) is 4.00. The molecule has 3 unspecified atom stereocenters. The number of nitrogens with one attached hydrogen (secondary N) is 1. The molecule has 0 aromatic rings. The first-order valence-electron chi connectivity index (χ1n) is 8.55. The summed E-state index contributed by atoms with van der Waals surface area (Å²) in [7, 11) is 0. The van der Waals surface area contributed by atoms with Crippen molar-refractivity contribution < 1.29 is 4.74 Å². The molecule has 19 heavy (non-hydrogen) atoms. The van der Waals surface area contributed by atoms with Crippen molar-refractivity contribution in [2.45, 2.75) is 84.3 Å². The Morgan fingerprint density at radius 1 is 1.16 bits per heavy atom. The van der Waals surface area contributed by atoms with Crippen LogP contribution in [0.5, 0.6) is 0 Å². The van der Waals surface area contributed by atoms with Crippen molar-refractivity contribution in [1.82, 2.24) is 5.32 Å². The Morgan fingerprint density at radius 3 is 2.53 bits per heavy atom. The molecule has 2 aliphatic carbocycles. The molecule has 2 nitrogen and oxygen atoms in total. The summed E-state index contributed by atoms with van der Waals surface area (Å²) in [6.45, 7) is 8.88. The molecule has 2 fully saturated rings. The van der Waals surface area contributed by atoms with Gasteiger partial charge in [-0.15, -0.1) is 0 Å². The van der Waals surface area contributed by atoms with E-state index < -0.39 is 0 Å². The number of rotatable bonds is 7. The van der Waals surface area contributed by atoms with Crippen molar-refractivity contribution in [1.29, 1.82) is 0 Å². The van der Waals surface area contributed by atoms with Crippen molar-refractivity contribution >= 4 is 0 Å². The van der Waals surface area contributed by atoms with E-state index in [1.807, 2.05) is 0 Å². The molecule has 0 bridgehead atoms. The largest absolute Gasteiger partial charge is 0.378 e. The summed E-state index contributed by atoms with van der Waals surface area (Å²) < 4.78 is 5.87. The molecule has 112 valence electrons. The third kappa shape index (κ3) is 3.52. The molecule has 1 N–H and O–H groups in total. The van der Waals surface area contributed by atoms with Gasteiger partial charge in [0.25, 0.3) is 0 Å². The molecule has 3 atom stereocenters. The van der Waals surface area contributed by atoms with E-state index in [1.54, 1.807) is 0 Å². The van der Waals surface area contributed by atoms with Crippen LogP contribution in [0.4, 0.5) is 0 Å². The van der Waals surface area contributed by atoms with Crippen molar-refractivity contribution in [3.8, 4) is 0 Å². The van der Waals surface area contributed by atoms with Crippen LogP contribution < -0.4 is 5.32 Å². The van der Waals surface area contributed by atoms with Gasteiger partial charge in [0.05, 0.1) is 6.10 Å². The maximum Gasteiger partial charge on any atom is 0.0658 e.